The fraction of sp³-hybridized carbons (Fsp3) is 0.0213. The van der Waals surface area contributed by atoms with Crippen LogP contribution in [-0.2, 0) is 6.42 Å². The summed E-state index contributed by atoms with van der Waals surface area (Å²) in [7, 11) is 0. The highest BCUT2D eigenvalue weighted by Crippen LogP contribution is 2.46. The van der Waals surface area contributed by atoms with Crippen LogP contribution in [0, 0.1) is 0 Å². The van der Waals surface area contributed by atoms with E-state index in [1.54, 1.807) is 0 Å². The summed E-state index contributed by atoms with van der Waals surface area (Å²) in [5, 5.41) is 8.05. The molecule has 48 heavy (non-hydrogen) atoms. The van der Waals surface area contributed by atoms with Gasteiger partial charge in [0.2, 0.25) is 0 Å². The number of rotatable bonds is 4. The van der Waals surface area contributed by atoms with Gasteiger partial charge >= 0.3 is 0 Å². The van der Waals surface area contributed by atoms with E-state index in [1.807, 2.05) is 66.7 Å². The lowest BCUT2D eigenvalue weighted by atomic mass is 9.84. The topological polar surface area (TPSA) is 13.1 Å². The van der Waals surface area contributed by atoms with Crippen molar-refractivity contribution in [3.8, 4) is 22.3 Å². The van der Waals surface area contributed by atoms with Gasteiger partial charge < -0.3 is 4.42 Å². The van der Waals surface area contributed by atoms with Crippen molar-refractivity contribution in [3.63, 3.8) is 0 Å². The summed E-state index contributed by atoms with van der Waals surface area (Å²) in [5.41, 5.74) is 7.13. The summed E-state index contributed by atoms with van der Waals surface area (Å²) in [6.45, 7) is 0. The van der Waals surface area contributed by atoms with Gasteiger partial charge in [-0.2, -0.15) is 0 Å². The maximum Gasteiger partial charge on any atom is 0.143 e. The lowest BCUT2D eigenvalue weighted by molar-refractivity contribution is 0.673. The third-order valence-corrected chi connectivity index (χ3v) is 9.64. The minimum Gasteiger partial charge on any atom is -0.455 e. The first-order valence-electron chi connectivity index (χ1n) is 19.6. The molecule has 0 atom stereocenters. The van der Waals surface area contributed by atoms with Crippen molar-refractivity contribution in [1.29, 1.82) is 0 Å². The van der Waals surface area contributed by atoms with Crippen LogP contribution in [0.5, 0.6) is 0 Å². The van der Waals surface area contributed by atoms with Crippen LogP contribution in [0.4, 0.5) is 0 Å². The molecule has 0 spiro atoms. The minimum absolute atomic E-state index is 0.0328. The molecule has 0 fully saturated rings. The lowest BCUT2D eigenvalue weighted by Gasteiger charge is -2.18. The Labute approximate surface area is 288 Å². The van der Waals surface area contributed by atoms with Gasteiger partial charge in [-0.15, -0.1) is 0 Å². The second-order valence-electron chi connectivity index (χ2n) is 12.3. The normalized spacial score (nSPS) is 13.9. The average molecular weight is 618 g/mol. The van der Waals surface area contributed by atoms with E-state index in [-0.39, 0.29) is 47.4 Å². The molecular formula is C47H30O. The predicted molar refractivity (Wildman–Crippen MR) is 204 cm³/mol. The maximum absolute atomic E-state index is 9.04. The molecule has 0 bridgehead atoms. The second-order valence-corrected chi connectivity index (χ2v) is 12.3. The standard InChI is InChI=1S/C47H30O/c1-2-12-30(13-3-1)32-24-26-36-34(28-32)25-27-42-46-41(22-11-23-44(46)48-47(36)42)45-39-20-8-6-18-37(39)43(38-19-7-9-21-40(38)45)29-33-16-10-15-31-14-4-5-17-35(31)33/h1-28H,29H2/i4D,5D,10D,14D,15D,16D,17D. The van der Waals surface area contributed by atoms with Crippen molar-refractivity contribution in [1.82, 2.24) is 0 Å². The van der Waals surface area contributed by atoms with Gasteiger partial charge in [-0.05, 0) is 102 Å². The Kier molecular flexibility index (Phi) is 4.64. The minimum atomic E-state index is -0.458. The smallest absolute Gasteiger partial charge is 0.143 e. The third kappa shape index (κ3) is 4.11. The van der Waals surface area contributed by atoms with Crippen molar-refractivity contribution >= 4 is 65.0 Å². The number of fused-ring (bicyclic) bond motifs is 8. The molecule has 0 aliphatic carbocycles. The Hall–Kier alpha value is -6.18. The summed E-state index contributed by atoms with van der Waals surface area (Å²) in [4.78, 5) is 0. The van der Waals surface area contributed by atoms with Crippen LogP contribution in [0.3, 0.4) is 0 Å². The summed E-state index contributed by atoms with van der Waals surface area (Å²) in [6, 6.07) is 41.1. The van der Waals surface area contributed by atoms with Gasteiger partial charge in [0.1, 0.15) is 11.2 Å². The van der Waals surface area contributed by atoms with Gasteiger partial charge in [-0.25, -0.2) is 0 Å². The summed E-state index contributed by atoms with van der Waals surface area (Å²) >= 11 is 0. The van der Waals surface area contributed by atoms with Crippen LogP contribution in [-0.4, -0.2) is 0 Å². The molecule has 0 unspecified atom stereocenters. The molecule has 0 N–H and O–H groups in total. The van der Waals surface area contributed by atoms with Crippen LogP contribution in [0.1, 0.15) is 20.7 Å². The SMILES string of the molecule is [2H]c1c([2H])c([2H])c2c(Cc3c4ccccc4c(-c4cccc5oc6c7ccc(-c8ccccc8)cc7ccc6c45)c4ccccc34)c([2H])c([2H])c([2H])c2c1[2H]. The average Bonchev–Trinajstić information content (AvgIpc) is 3.62. The monoisotopic (exact) mass is 617 g/mol. The Bertz CT molecular complexity index is 3190. The highest BCUT2D eigenvalue weighted by Gasteiger charge is 2.20. The molecule has 0 aliphatic rings. The predicted octanol–water partition coefficient (Wildman–Crippen LogP) is 13.1. The van der Waals surface area contributed by atoms with Crippen molar-refractivity contribution in [2.75, 3.05) is 0 Å². The molecule has 1 heterocycles. The van der Waals surface area contributed by atoms with Crippen LogP contribution in [0.15, 0.2) is 174 Å². The maximum atomic E-state index is 9.04. The van der Waals surface area contributed by atoms with Gasteiger partial charge in [-0.1, -0.05) is 145 Å². The first-order chi connectivity index (χ1) is 26.7. The van der Waals surface area contributed by atoms with E-state index >= 15 is 0 Å². The van der Waals surface area contributed by atoms with Crippen molar-refractivity contribution < 1.29 is 14.0 Å². The van der Waals surface area contributed by atoms with Crippen molar-refractivity contribution in [2.45, 2.75) is 6.42 Å². The van der Waals surface area contributed by atoms with E-state index in [1.165, 1.54) is 0 Å². The fourth-order valence-corrected chi connectivity index (χ4v) is 7.50. The molecule has 0 saturated carbocycles. The van der Waals surface area contributed by atoms with E-state index in [4.69, 9.17) is 14.0 Å². The van der Waals surface area contributed by atoms with Gasteiger partial charge in [-0.3, -0.25) is 0 Å². The highest BCUT2D eigenvalue weighted by molar-refractivity contribution is 6.24. The number of furan rings is 1. The molecule has 10 aromatic rings. The zero-order chi connectivity index (χ0) is 37.7. The van der Waals surface area contributed by atoms with Crippen LogP contribution in [0.2, 0.25) is 0 Å². The molecule has 0 amide bonds. The molecule has 0 aliphatic heterocycles. The third-order valence-electron chi connectivity index (χ3n) is 9.64. The molecule has 1 aromatic heterocycles. The second kappa shape index (κ2) is 10.7. The molecule has 9 aromatic carbocycles. The zero-order valence-corrected chi connectivity index (χ0v) is 25.7. The molecule has 0 radical (unpaired) electrons. The first-order valence-corrected chi connectivity index (χ1v) is 16.1. The number of hydrogen-bond acceptors (Lipinski definition) is 1. The molecule has 1 nitrogen and oxygen atoms in total. The largest absolute Gasteiger partial charge is 0.455 e. The van der Waals surface area contributed by atoms with Crippen molar-refractivity contribution in [2.24, 2.45) is 0 Å². The Morgan fingerprint density at radius 3 is 2.00 bits per heavy atom. The zero-order valence-electron chi connectivity index (χ0n) is 32.7. The molecule has 224 valence electrons. The molecule has 1 heteroatoms. The summed E-state index contributed by atoms with van der Waals surface area (Å²) < 4.78 is 67.3. The van der Waals surface area contributed by atoms with E-state index in [9.17, 15) is 0 Å². The molecular weight excluding hydrogens is 581 g/mol. The van der Waals surface area contributed by atoms with E-state index < -0.39 is 12.1 Å². The number of benzene rings is 9. The van der Waals surface area contributed by atoms with E-state index in [0.29, 0.717) is 5.56 Å². The number of hydrogen-bond donors (Lipinski definition) is 0. The molecule has 0 saturated heterocycles. The Morgan fingerprint density at radius 1 is 0.479 bits per heavy atom. The van der Waals surface area contributed by atoms with Crippen LogP contribution >= 0.6 is 0 Å². The molecule has 10 rings (SSSR count). The van der Waals surface area contributed by atoms with Gasteiger partial charge in [0.05, 0.1) is 9.60 Å². The quantitative estimate of drug-likeness (QED) is 0.179. The summed E-state index contributed by atoms with van der Waals surface area (Å²) in [5.74, 6) is 0. The first kappa shape index (κ1) is 20.8. The fourth-order valence-electron chi connectivity index (χ4n) is 7.50. The van der Waals surface area contributed by atoms with Gasteiger partial charge in [0.25, 0.3) is 0 Å². The van der Waals surface area contributed by atoms with Crippen molar-refractivity contribution in [3.05, 3.63) is 181 Å². The van der Waals surface area contributed by atoms with Gasteiger partial charge in [0, 0.05) is 16.2 Å². The summed E-state index contributed by atoms with van der Waals surface area (Å²) in [6.07, 6.45) is 0.126. The highest BCUT2D eigenvalue weighted by atomic mass is 16.3. The van der Waals surface area contributed by atoms with E-state index in [2.05, 4.69) is 60.7 Å². The Balaban J connectivity index is 1.24. The van der Waals surface area contributed by atoms with Crippen LogP contribution < -0.4 is 0 Å². The van der Waals surface area contributed by atoms with Gasteiger partial charge in [0.15, 0.2) is 0 Å². The van der Waals surface area contributed by atoms with E-state index in [0.717, 1.165) is 82.1 Å². The van der Waals surface area contributed by atoms with Crippen LogP contribution in [0.25, 0.3) is 87.3 Å². The lowest BCUT2D eigenvalue weighted by Crippen LogP contribution is -1.96. The Morgan fingerprint density at radius 2 is 1.19 bits per heavy atom.